The van der Waals surface area contributed by atoms with Gasteiger partial charge in [0.25, 0.3) is 0 Å². The molecule has 1 amide bonds. The van der Waals surface area contributed by atoms with Crippen molar-refractivity contribution in [1.82, 2.24) is 4.90 Å². The third kappa shape index (κ3) is 5.74. The normalized spacial score (nSPS) is 14.9. The van der Waals surface area contributed by atoms with Gasteiger partial charge in [0, 0.05) is 31.2 Å². The Labute approximate surface area is 96.1 Å². The second-order valence-electron chi connectivity index (χ2n) is 3.18. The summed E-state index contributed by atoms with van der Waals surface area (Å²) in [4.78, 5) is 16.2. The van der Waals surface area contributed by atoms with Crippen LogP contribution in [0.2, 0.25) is 0 Å². The number of carbonyl (C=O) groups is 1. The minimum absolute atomic E-state index is 0.243. The Balaban J connectivity index is 2.26. The molecule has 0 saturated heterocycles. The van der Waals surface area contributed by atoms with Crippen molar-refractivity contribution in [3.63, 3.8) is 0 Å². The van der Waals surface area contributed by atoms with Crippen LogP contribution in [0.1, 0.15) is 12.8 Å². The zero-order valence-corrected chi connectivity index (χ0v) is 8.85. The number of alkyl halides is 3. The highest BCUT2D eigenvalue weighted by Gasteiger charge is 2.26. The lowest BCUT2D eigenvalue weighted by Crippen LogP contribution is -2.22. The van der Waals surface area contributed by atoms with Crippen molar-refractivity contribution >= 4 is 12.3 Å². The van der Waals surface area contributed by atoms with Crippen molar-refractivity contribution in [3.05, 3.63) is 24.7 Å². The molecule has 1 rings (SSSR count). The summed E-state index contributed by atoms with van der Waals surface area (Å²) in [5.41, 5.74) is 0. The van der Waals surface area contributed by atoms with Gasteiger partial charge in [0.2, 0.25) is 0 Å². The van der Waals surface area contributed by atoms with E-state index in [0.717, 1.165) is 4.90 Å². The van der Waals surface area contributed by atoms with Crippen LogP contribution in [0.4, 0.5) is 18.0 Å². The molecule has 0 aliphatic carbocycles. The fraction of sp³-hybridized carbons (Fsp3) is 0.400. The van der Waals surface area contributed by atoms with E-state index >= 15 is 0 Å². The van der Waals surface area contributed by atoms with Gasteiger partial charge in [-0.2, -0.15) is 13.2 Å². The van der Waals surface area contributed by atoms with Gasteiger partial charge in [0.1, 0.15) is 0 Å². The molecule has 94 valence electrons. The molecule has 0 radical (unpaired) electrons. The van der Waals surface area contributed by atoms with E-state index in [2.05, 4.69) is 9.73 Å². The Morgan fingerprint density at radius 2 is 2.12 bits per heavy atom. The lowest BCUT2D eigenvalue weighted by molar-refractivity contribution is -0.137. The molecule has 0 fully saturated rings. The van der Waals surface area contributed by atoms with Gasteiger partial charge in [-0.05, 0) is 12.5 Å². The van der Waals surface area contributed by atoms with Crippen molar-refractivity contribution in [3.8, 4) is 0 Å². The lowest BCUT2D eigenvalue weighted by atomic mass is 10.3. The second-order valence-corrected chi connectivity index (χ2v) is 3.18. The minimum Gasteiger partial charge on any atom is -0.449 e. The zero-order chi connectivity index (χ0) is 12.7. The van der Waals surface area contributed by atoms with Gasteiger partial charge in [-0.3, -0.25) is 9.89 Å². The summed E-state index contributed by atoms with van der Waals surface area (Å²) in [6.45, 7) is -0.266. The first-order chi connectivity index (χ1) is 7.99. The van der Waals surface area contributed by atoms with E-state index in [4.69, 9.17) is 0 Å². The average Bonchev–Trinajstić information content (AvgIpc) is 2.51. The van der Waals surface area contributed by atoms with Crippen molar-refractivity contribution in [1.29, 1.82) is 0 Å². The molecule has 0 spiro atoms. The number of ether oxygens (including phenoxy) is 1. The molecular formula is C10H11F3N2O2. The molecule has 0 atom stereocenters. The van der Waals surface area contributed by atoms with E-state index in [1.54, 1.807) is 0 Å². The monoisotopic (exact) mass is 248 g/mol. The molecule has 1 aliphatic heterocycles. The highest BCUT2D eigenvalue weighted by atomic mass is 19.4. The number of nitrogens with zero attached hydrogens (tertiary/aromatic N) is 2. The van der Waals surface area contributed by atoms with Crippen molar-refractivity contribution in [2.45, 2.75) is 19.0 Å². The van der Waals surface area contributed by atoms with E-state index in [1.165, 1.54) is 30.9 Å². The van der Waals surface area contributed by atoms with Crippen LogP contribution in [0.15, 0.2) is 29.7 Å². The van der Waals surface area contributed by atoms with Gasteiger partial charge < -0.3 is 4.74 Å². The smallest absolute Gasteiger partial charge is 0.417 e. The molecule has 0 saturated carbocycles. The van der Waals surface area contributed by atoms with E-state index in [-0.39, 0.29) is 13.0 Å². The van der Waals surface area contributed by atoms with Gasteiger partial charge in [-0.25, -0.2) is 4.79 Å². The minimum atomic E-state index is -4.22. The van der Waals surface area contributed by atoms with Gasteiger partial charge in [0.05, 0.1) is 6.61 Å². The highest BCUT2D eigenvalue weighted by Crippen LogP contribution is 2.21. The Kier molecular flexibility index (Phi) is 4.74. The van der Waals surface area contributed by atoms with Crippen LogP contribution in [-0.2, 0) is 4.74 Å². The zero-order valence-electron chi connectivity index (χ0n) is 8.85. The van der Waals surface area contributed by atoms with Gasteiger partial charge in [-0.1, -0.05) is 0 Å². The van der Waals surface area contributed by atoms with Gasteiger partial charge in [0.15, 0.2) is 0 Å². The Morgan fingerprint density at radius 3 is 2.82 bits per heavy atom. The molecule has 1 heterocycles. The van der Waals surface area contributed by atoms with Gasteiger partial charge in [-0.15, -0.1) is 0 Å². The molecule has 1 aliphatic rings. The number of hydrogen-bond acceptors (Lipinski definition) is 3. The first-order valence-corrected chi connectivity index (χ1v) is 4.87. The van der Waals surface area contributed by atoms with Crippen LogP contribution < -0.4 is 0 Å². The van der Waals surface area contributed by atoms with Crippen LogP contribution in [0.25, 0.3) is 0 Å². The third-order valence-electron chi connectivity index (χ3n) is 1.77. The molecule has 0 aromatic rings. The largest absolute Gasteiger partial charge is 0.449 e. The summed E-state index contributed by atoms with van der Waals surface area (Å²) in [5, 5.41) is 0. The van der Waals surface area contributed by atoms with E-state index in [9.17, 15) is 18.0 Å². The Bertz CT molecular complexity index is 332. The van der Waals surface area contributed by atoms with Crippen molar-refractivity contribution < 1.29 is 22.7 Å². The third-order valence-corrected chi connectivity index (χ3v) is 1.77. The standard InChI is InChI=1S/C10H11F3N2O2/c11-10(12,13)3-1-8-17-9(16)15-6-2-4-14-5-7-15/h2,4-7H,1,3,8H2. The number of hydrogen-bond donors (Lipinski definition) is 0. The lowest BCUT2D eigenvalue weighted by Gasteiger charge is -2.13. The second kappa shape index (κ2) is 6.07. The van der Waals surface area contributed by atoms with E-state index in [0.29, 0.717) is 0 Å². The van der Waals surface area contributed by atoms with Crippen LogP contribution in [0.5, 0.6) is 0 Å². The number of amides is 1. The van der Waals surface area contributed by atoms with Gasteiger partial charge >= 0.3 is 12.3 Å². The molecule has 4 nitrogen and oxygen atoms in total. The van der Waals surface area contributed by atoms with Crippen molar-refractivity contribution in [2.75, 3.05) is 6.61 Å². The molecule has 0 N–H and O–H groups in total. The predicted octanol–water partition coefficient (Wildman–Crippen LogP) is 2.84. The molecule has 0 aromatic heterocycles. The molecule has 0 bridgehead atoms. The maximum Gasteiger partial charge on any atom is 0.417 e. The Hall–Kier alpha value is -1.79. The van der Waals surface area contributed by atoms with E-state index in [1.807, 2.05) is 0 Å². The summed E-state index contributed by atoms with van der Waals surface area (Å²) in [5.74, 6) is 0. The highest BCUT2D eigenvalue weighted by molar-refractivity contribution is 5.76. The average molecular weight is 248 g/mol. The topological polar surface area (TPSA) is 41.9 Å². The molecule has 17 heavy (non-hydrogen) atoms. The maximum absolute atomic E-state index is 11.8. The number of rotatable bonds is 3. The summed E-state index contributed by atoms with van der Waals surface area (Å²) in [6, 6.07) is 0. The first-order valence-electron chi connectivity index (χ1n) is 4.87. The molecule has 0 unspecified atom stereocenters. The summed E-state index contributed by atoms with van der Waals surface area (Å²) in [7, 11) is 0. The molecule has 0 aromatic carbocycles. The quantitative estimate of drug-likeness (QED) is 0.720. The van der Waals surface area contributed by atoms with Crippen molar-refractivity contribution in [2.24, 2.45) is 4.99 Å². The van der Waals surface area contributed by atoms with Crippen LogP contribution in [0, 0.1) is 0 Å². The summed E-state index contributed by atoms with van der Waals surface area (Å²) in [6.07, 6.45) is 0.947. The SMILES string of the molecule is O=C(OCCCC(F)(F)F)N1C=CC=NC=C1. The van der Waals surface area contributed by atoms with E-state index < -0.39 is 18.7 Å². The van der Waals surface area contributed by atoms with Crippen LogP contribution in [-0.4, -0.2) is 30.0 Å². The Morgan fingerprint density at radius 1 is 1.35 bits per heavy atom. The number of aliphatic imine (C=N–C) groups is 1. The number of halogens is 3. The fourth-order valence-corrected chi connectivity index (χ4v) is 1.02. The number of allylic oxidation sites excluding steroid dienone is 1. The first kappa shape index (κ1) is 13.3. The number of carbonyl (C=O) groups excluding carboxylic acids is 1. The fourth-order valence-electron chi connectivity index (χ4n) is 1.02. The predicted molar refractivity (Wildman–Crippen MR) is 55.2 cm³/mol. The maximum atomic E-state index is 11.8. The molecule has 7 heteroatoms. The summed E-state index contributed by atoms with van der Waals surface area (Å²) >= 11 is 0. The summed E-state index contributed by atoms with van der Waals surface area (Å²) < 4.78 is 40.1. The van der Waals surface area contributed by atoms with Crippen LogP contribution >= 0.6 is 0 Å². The molecular weight excluding hydrogens is 237 g/mol. The van der Waals surface area contributed by atoms with Crippen LogP contribution in [0.3, 0.4) is 0 Å².